The number of fused-ring (bicyclic) bond motifs is 1. The van der Waals surface area contributed by atoms with Gasteiger partial charge in [-0.15, -0.1) is 11.8 Å². The summed E-state index contributed by atoms with van der Waals surface area (Å²) in [6.07, 6.45) is -0.253. The minimum Gasteiger partial charge on any atom is -0.497 e. The molecular weight excluding hydrogens is 434 g/mol. The monoisotopic (exact) mass is 461 g/mol. The number of ether oxygens (including phenoxy) is 2. The van der Waals surface area contributed by atoms with Gasteiger partial charge in [-0.05, 0) is 56.7 Å². The number of imide groups is 1. The number of anilines is 1. The van der Waals surface area contributed by atoms with Gasteiger partial charge in [0.1, 0.15) is 16.1 Å². The van der Waals surface area contributed by atoms with E-state index in [-0.39, 0.29) is 5.91 Å². The zero-order valence-electron chi connectivity index (χ0n) is 19.2. The minimum absolute atomic E-state index is 0.303. The minimum atomic E-state index is -1.02. The van der Waals surface area contributed by atoms with Crippen molar-refractivity contribution in [2.75, 3.05) is 12.0 Å². The van der Waals surface area contributed by atoms with Gasteiger partial charge in [0.05, 0.1) is 12.8 Å². The van der Waals surface area contributed by atoms with E-state index in [1.807, 2.05) is 72.8 Å². The van der Waals surface area contributed by atoms with Crippen molar-refractivity contribution in [2.24, 2.45) is 0 Å². The average Bonchev–Trinajstić information content (AvgIpc) is 3.02. The standard InChI is InChI=1S/C27H27NO4S/c1-26(2,3)32-25(30)28-23-13-9-8-12-22(23)27(24(28)29,33-21-10-6-5-7-11-21)18-19-14-16-20(31-4)17-15-19/h5-17H,18H2,1-4H3/t27-/m1/s1. The summed E-state index contributed by atoms with van der Waals surface area (Å²) in [5, 5.41) is 0. The Balaban J connectivity index is 1.83. The number of methoxy groups -OCH3 is 1. The highest BCUT2D eigenvalue weighted by Gasteiger charge is 2.54. The van der Waals surface area contributed by atoms with Crippen molar-refractivity contribution in [2.45, 2.75) is 42.4 Å². The molecule has 1 heterocycles. The summed E-state index contributed by atoms with van der Waals surface area (Å²) in [5.41, 5.74) is 1.60. The average molecular weight is 462 g/mol. The molecule has 0 bridgehead atoms. The van der Waals surface area contributed by atoms with E-state index in [0.29, 0.717) is 12.1 Å². The van der Waals surface area contributed by atoms with Gasteiger partial charge in [0.2, 0.25) is 0 Å². The molecule has 3 aromatic rings. The molecule has 170 valence electrons. The fourth-order valence-corrected chi connectivity index (χ4v) is 5.33. The molecule has 0 aliphatic carbocycles. The number of carbonyl (C=O) groups excluding carboxylic acids is 2. The van der Waals surface area contributed by atoms with Crippen LogP contribution in [-0.2, 0) is 20.7 Å². The van der Waals surface area contributed by atoms with Crippen LogP contribution < -0.4 is 9.64 Å². The topological polar surface area (TPSA) is 55.8 Å². The van der Waals surface area contributed by atoms with Gasteiger partial charge in [0, 0.05) is 16.9 Å². The van der Waals surface area contributed by atoms with Crippen LogP contribution in [0, 0.1) is 0 Å². The molecule has 1 aliphatic rings. The van der Waals surface area contributed by atoms with E-state index in [2.05, 4.69) is 0 Å². The van der Waals surface area contributed by atoms with E-state index < -0.39 is 16.4 Å². The maximum Gasteiger partial charge on any atom is 0.421 e. The summed E-state index contributed by atoms with van der Waals surface area (Å²) in [6.45, 7) is 5.38. The van der Waals surface area contributed by atoms with Gasteiger partial charge in [-0.25, -0.2) is 9.69 Å². The summed E-state index contributed by atoms with van der Waals surface area (Å²) in [6, 6.07) is 24.9. The molecule has 2 amide bonds. The van der Waals surface area contributed by atoms with E-state index in [9.17, 15) is 9.59 Å². The molecular formula is C27H27NO4S. The fraction of sp³-hybridized carbons (Fsp3) is 0.259. The predicted octanol–water partition coefficient (Wildman–Crippen LogP) is 6.21. The van der Waals surface area contributed by atoms with Crippen molar-refractivity contribution in [3.8, 4) is 5.75 Å². The van der Waals surface area contributed by atoms with Crippen LogP contribution in [-0.4, -0.2) is 24.7 Å². The second-order valence-corrected chi connectivity index (χ2v) is 10.3. The molecule has 6 heteroatoms. The lowest BCUT2D eigenvalue weighted by atomic mass is 9.92. The number of amides is 2. The van der Waals surface area contributed by atoms with Crippen molar-refractivity contribution in [1.29, 1.82) is 0 Å². The molecule has 0 aromatic heterocycles. The SMILES string of the molecule is COc1ccc(C[C@]2(Sc3ccccc3)C(=O)N(C(=O)OC(C)(C)C)c3ccccc32)cc1. The largest absolute Gasteiger partial charge is 0.497 e. The smallest absolute Gasteiger partial charge is 0.421 e. The van der Waals surface area contributed by atoms with Crippen LogP contribution in [0.5, 0.6) is 5.75 Å². The Kier molecular flexibility index (Phi) is 6.21. The molecule has 1 aliphatic heterocycles. The summed E-state index contributed by atoms with van der Waals surface area (Å²) in [4.78, 5) is 29.4. The van der Waals surface area contributed by atoms with Gasteiger partial charge in [-0.3, -0.25) is 4.79 Å². The van der Waals surface area contributed by atoms with Crippen molar-refractivity contribution in [1.82, 2.24) is 0 Å². The number of rotatable bonds is 5. The lowest BCUT2D eigenvalue weighted by Gasteiger charge is -2.29. The highest BCUT2D eigenvalue weighted by Crippen LogP contribution is 2.53. The number of hydrogen-bond acceptors (Lipinski definition) is 5. The second kappa shape index (κ2) is 8.94. The fourth-order valence-electron chi connectivity index (χ4n) is 3.93. The second-order valence-electron chi connectivity index (χ2n) is 8.91. The summed E-state index contributed by atoms with van der Waals surface area (Å²) >= 11 is 1.46. The molecule has 33 heavy (non-hydrogen) atoms. The van der Waals surface area contributed by atoms with Gasteiger partial charge in [0.25, 0.3) is 5.91 Å². The van der Waals surface area contributed by atoms with Gasteiger partial charge in [0.15, 0.2) is 0 Å². The highest BCUT2D eigenvalue weighted by molar-refractivity contribution is 8.01. The number of nitrogens with zero attached hydrogens (tertiary/aromatic N) is 1. The van der Waals surface area contributed by atoms with Crippen molar-refractivity contribution in [3.63, 3.8) is 0 Å². The lowest BCUT2D eigenvalue weighted by Crippen LogP contribution is -2.45. The number of carbonyl (C=O) groups is 2. The first-order valence-corrected chi connectivity index (χ1v) is 11.6. The normalized spacial score (nSPS) is 17.6. The van der Waals surface area contributed by atoms with Gasteiger partial charge < -0.3 is 9.47 Å². The molecule has 0 N–H and O–H groups in total. The van der Waals surface area contributed by atoms with E-state index >= 15 is 0 Å². The molecule has 5 nitrogen and oxygen atoms in total. The number of benzene rings is 3. The molecule has 0 saturated carbocycles. The Morgan fingerprint density at radius 2 is 1.58 bits per heavy atom. The van der Waals surface area contributed by atoms with Crippen LogP contribution in [0.1, 0.15) is 31.9 Å². The van der Waals surface area contributed by atoms with Gasteiger partial charge >= 0.3 is 6.09 Å². The Morgan fingerprint density at radius 1 is 0.939 bits per heavy atom. The van der Waals surface area contributed by atoms with Crippen molar-refractivity contribution >= 4 is 29.4 Å². The third kappa shape index (κ3) is 4.62. The zero-order valence-corrected chi connectivity index (χ0v) is 20.0. The molecule has 3 aromatic carbocycles. The maximum absolute atomic E-state index is 14.1. The predicted molar refractivity (Wildman–Crippen MR) is 131 cm³/mol. The van der Waals surface area contributed by atoms with Crippen LogP contribution in [0.3, 0.4) is 0 Å². The maximum atomic E-state index is 14.1. The quantitative estimate of drug-likeness (QED) is 0.452. The van der Waals surface area contributed by atoms with Gasteiger partial charge in [-0.2, -0.15) is 0 Å². The molecule has 0 unspecified atom stereocenters. The third-order valence-electron chi connectivity index (χ3n) is 5.35. The molecule has 0 saturated heterocycles. The van der Waals surface area contributed by atoms with E-state index in [1.165, 1.54) is 16.7 Å². The first-order chi connectivity index (χ1) is 15.7. The van der Waals surface area contributed by atoms with Crippen LogP contribution in [0.25, 0.3) is 0 Å². The van der Waals surface area contributed by atoms with Crippen LogP contribution in [0.4, 0.5) is 10.5 Å². The number of thioether (sulfide) groups is 1. The van der Waals surface area contributed by atoms with Crippen LogP contribution >= 0.6 is 11.8 Å². The first kappa shape index (κ1) is 22.9. The molecule has 1 atom stereocenters. The molecule has 0 spiro atoms. The summed E-state index contributed by atoms with van der Waals surface area (Å²) in [7, 11) is 1.62. The van der Waals surface area contributed by atoms with Crippen LogP contribution in [0.15, 0.2) is 83.8 Å². The van der Waals surface area contributed by atoms with Crippen molar-refractivity contribution in [3.05, 3.63) is 90.0 Å². The number of para-hydroxylation sites is 1. The Labute approximate surface area is 198 Å². The van der Waals surface area contributed by atoms with E-state index in [4.69, 9.17) is 9.47 Å². The molecule has 4 rings (SSSR count). The van der Waals surface area contributed by atoms with Crippen LogP contribution in [0.2, 0.25) is 0 Å². The van der Waals surface area contributed by atoms with E-state index in [1.54, 1.807) is 33.9 Å². The lowest BCUT2D eigenvalue weighted by molar-refractivity contribution is -0.120. The molecule has 0 fully saturated rings. The number of hydrogen-bond donors (Lipinski definition) is 0. The Hall–Kier alpha value is -3.25. The highest BCUT2D eigenvalue weighted by atomic mass is 32.2. The summed E-state index contributed by atoms with van der Waals surface area (Å²) in [5.74, 6) is 0.444. The Bertz CT molecular complexity index is 1150. The summed E-state index contributed by atoms with van der Waals surface area (Å²) < 4.78 is 9.88. The zero-order chi connectivity index (χ0) is 23.6. The van der Waals surface area contributed by atoms with Crippen molar-refractivity contribution < 1.29 is 19.1 Å². The first-order valence-electron chi connectivity index (χ1n) is 10.8. The Morgan fingerprint density at radius 3 is 2.21 bits per heavy atom. The van der Waals surface area contributed by atoms with E-state index in [0.717, 1.165) is 21.8 Å². The van der Waals surface area contributed by atoms with Gasteiger partial charge in [-0.1, -0.05) is 48.5 Å². The molecule has 0 radical (unpaired) electrons. The third-order valence-corrected chi connectivity index (χ3v) is 6.75.